The molecule has 1 atom stereocenters. The number of aromatic nitrogens is 2. The Balaban J connectivity index is 1.49. The van der Waals surface area contributed by atoms with Crippen LogP contribution in [0.2, 0.25) is 0 Å². The monoisotopic (exact) mass is 429 g/mol. The molecule has 0 aromatic carbocycles. The lowest BCUT2D eigenvalue weighted by atomic mass is 9.92. The molecule has 2 aliphatic rings. The molecule has 2 aromatic heterocycles. The summed E-state index contributed by atoms with van der Waals surface area (Å²) in [5.41, 5.74) is -0.555. The van der Waals surface area contributed by atoms with Crippen LogP contribution in [0.3, 0.4) is 0 Å². The van der Waals surface area contributed by atoms with E-state index in [-0.39, 0.29) is 36.0 Å². The number of thiophene rings is 1. The minimum atomic E-state index is -1.06. The Morgan fingerprint density at radius 3 is 2.77 bits per heavy atom. The number of amides is 3. The molecule has 0 saturated heterocycles. The van der Waals surface area contributed by atoms with Gasteiger partial charge in [0.2, 0.25) is 5.91 Å². The topological polar surface area (TPSA) is 96.3 Å². The van der Waals surface area contributed by atoms with Gasteiger partial charge in [0, 0.05) is 24.0 Å². The van der Waals surface area contributed by atoms with E-state index in [4.69, 9.17) is 0 Å². The van der Waals surface area contributed by atoms with E-state index in [9.17, 15) is 14.4 Å². The minimum absolute atomic E-state index is 0.157. The van der Waals surface area contributed by atoms with Gasteiger partial charge in [-0.15, -0.1) is 11.3 Å². The van der Waals surface area contributed by atoms with Crippen LogP contribution in [0.5, 0.6) is 0 Å². The molecule has 4 rings (SSSR count). The number of carbonyl (C=O) groups excluding carboxylic acids is 3. The Hall–Kier alpha value is -2.68. The molecular weight excluding hydrogens is 402 g/mol. The average Bonchev–Trinajstić information content (AvgIpc) is 3.41. The highest BCUT2D eigenvalue weighted by molar-refractivity contribution is 7.09. The van der Waals surface area contributed by atoms with Gasteiger partial charge in [-0.1, -0.05) is 25.3 Å². The summed E-state index contributed by atoms with van der Waals surface area (Å²) in [5.74, 6) is -0.823. The number of likely N-dealkylation sites (N-methyl/N-ethyl adjacent to an activating group) is 1. The minimum Gasteiger partial charge on any atom is -0.351 e. The zero-order valence-electron chi connectivity index (χ0n) is 17.3. The predicted octanol–water partition coefficient (Wildman–Crippen LogP) is 2.17. The summed E-state index contributed by atoms with van der Waals surface area (Å²) in [4.78, 5) is 41.1. The summed E-state index contributed by atoms with van der Waals surface area (Å²) in [5, 5.41) is 12.2. The fraction of sp³-hybridized carbons (Fsp3) is 0.524. The molecule has 8 nitrogen and oxygen atoms in total. The standard InChI is InChI=1S/C21H27N5O3S/c1-21(20(29)23-14-7-4-3-5-8-14)13-26-17(19(28)25(21)2)11-16(24-26)18(27)22-12-15-9-6-10-30-15/h6,9-11,14H,3-5,7-8,12-13H2,1-2H3,(H,22,27)(H,23,29)/t21-/m0/s1. The number of nitrogens with zero attached hydrogens (tertiary/aromatic N) is 3. The van der Waals surface area contributed by atoms with E-state index in [1.165, 1.54) is 22.1 Å². The summed E-state index contributed by atoms with van der Waals surface area (Å²) in [6.45, 7) is 2.37. The lowest BCUT2D eigenvalue weighted by Crippen LogP contribution is -2.63. The Kier molecular flexibility index (Phi) is 5.64. The molecule has 9 heteroatoms. The van der Waals surface area contributed by atoms with Crippen molar-refractivity contribution in [1.82, 2.24) is 25.3 Å². The first-order valence-electron chi connectivity index (χ1n) is 10.4. The number of carbonyl (C=O) groups is 3. The fourth-order valence-corrected chi connectivity index (χ4v) is 4.74. The van der Waals surface area contributed by atoms with Crippen LogP contribution >= 0.6 is 11.3 Å². The number of rotatable bonds is 5. The molecule has 0 bridgehead atoms. The number of hydrogen-bond acceptors (Lipinski definition) is 5. The predicted molar refractivity (Wildman–Crippen MR) is 113 cm³/mol. The highest BCUT2D eigenvalue weighted by atomic mass is 32.1. The number of fused-ring (bicyclic) bond motifs is 1. The van der Waals surface area contributed by atoms with Crippen molar-refractivity contribution in [2.45, 2.75) is 63.7 Å². The molecule has 3 heterocycles. The first-order valence-corrected chi connectivity index (χ1v) is 11.2. The molecule has 160 valence electrons. The van der Waals surface area contributed by atoms with E-state index in [0.29, 0.717) is 12.2 Å². The van der Waals surface area contributed by atoms with Crippen LogP contribution in [-0.2, 0) is 17.9 Å². The third-order valence-electron chi connectivity index (χ3n) is 6.17. The fourth-order valence-electron chi connectivity index (χ4n) is 4.10. The van der Waals surface area contributed by atoms with E-state index >= 15 is 0 Å². The van der Waals surface area contributed by atoms with E-state index in [1.54, 1.807) is 25.3 Å². The van der Waals surface area contributed by atoms with Crippen LogP contribution in [0.4, 0.5) is 0 Å². The number of nitrogens with one attached hydrogen (secondary N) is 2. The van der Waals surface area contributed by atoms with Crippen molar-refractivity contribution in [3.8, 4) is 0 Å². The van der Waals surface area contributed by atoms with Gasteiger partial charge in [0.25, 0.3) is 11.8 Å². The Labute approximate surface area is 179 Å². The Bertz CT molecular complexity index is 948. The van der Waals surface area contributed by atoms with Gasteiger partial charge in [0.1, 0.15) is 11.2 Å². The first kappa shape index (κ1) is 20.6. The molecule has 1 aliphatic carbocycles. The Morgan fingerprint density at radius 2 is 2.07 bits per heavy atom. The van der Waals surface area contributed by atoms with Crippen molar-refractivity contribution in [1.29, 1.82) is 0 Å². The summed E-state index contributed by atoms with van der Waals surface area (Å²) in [6.07, 6.45) is 5.38. The van der Waals surface area contributed by atoms with Crippen LogP contribution < -0.4 is 10.6 Å². The zero-order valence-corrected chi connectivity index (χ0v) is 18.1. The lowest BCUT2D eigenvalue weighted by Gasteiger charge is -2.41. The highest BCUT2D eigenvalue weighted by Gasteiger charge is 2.46. The molecule has 0 spiro atoms. The molecule has 2 aromatic rings. The summed E-state index contributed by atoms with van der Waals surface area (Å²) >= 11 is 1.56. The molecule has 1 fully saturated rings. The van der Waals surface area contributed by atoms with Crippen LogP contribution in [-0.4, -0.2) is 51.0 Å². The maximum absolute atomic E-state index is 13.1. The van der Waals surface area contributed by atoms with Crippen molar-refractivity contribution < 1.29 is 14.4 Å². The average molecular weight is 430 g/mol. The molecule has 3 amide bonds. The maximum Gasteiger partial charge on any atom is 0.272 e. The van der Waals surface area contributed by atoms with Crippen molar-refractivity contribution >= 4 is 29.1 Å². The molecule has 2 N–H and O–H groups in total. The van der Waals surface area contributed by atoms with E-state index in [1.807, 2.05) is 17.5 Å². The van der Waals surface area contributed by atoms with Crippen LogP contribution in [0, 0.1) is 0 Å². The van der Waals surface area contributed by atoms with Crippen LogP contribution in [0.25, 0.3) is 0 Å². The lowest BCUT2D eigenvalue weighted by molar-refractivity contribution is -0.133. The first-order chi connectivity index (χ1) is 14.4. The largest absolute Gasteiger partial charge is 0.351 e. The van der Waals surface area contributed by atoms with E-state index < -0.39 is 5.54 Å². The van der Waals surface area contributed by atoms with Gasteiger partial charge in [-0.05, 0) is 31.2 Å². The van der Waals surface area contributed by atoms with E-state index in [0.717, 1.165) is 30.6 Å². The van der Waals surface area contributed by atoms with Crippen molar-refractivity contribution in [2.24, 2.45) is 0 Å². The van der Waals surface area contributed by atoms with Crippen molar-refractivity contribution in [3.05, 3.63) is 39.8 Å². The quantitative estimate of drug-likeness (QED) is 0.761. The molecule has 0 radical (unpaired) electrons. The number of hydrogen-bond donors (Lipinski definition) is 2. The molecule has 0 unspecified atom stereocenters. The van der Waals surface area contributed by atoms with Gasteiger partial charge in [-0.3, -0.25) is 19.1 Å². The van der Waals surface area contributed by atoms with Crippen molar-refractivity contribution in [2.75, 3.05) is 7.05 Å². The van der Waals surface area contributed by atoms with Gasteiger partial charge in [-0.25, -0.2) is 0 Å². The van der Waals surface area contributed by atoms with Crippen molar-refractivity contribution in [3.63, 3.8) is 0 Å². The summed E-state index contributed by atoms with van der Waals surface area (Å²) in [7, 11) is 1.63. The third-order valence-corrected chi connectivity index (χ3v) is 7.04. The van der Waals surface area contributed by atoms with Gasteiger partial charge in [-0.2, -0.15) is 5.10 Å². The summed E-state index contributed by atoms with van der Waals surface area (Å²) in [6, 6.07) is 5.53. The van der Waals surface area contributed by atoms with Gasteiger partial charge in [0.15, 0.2) is 5.69 Å². The van der Waals surface area contributed by atoms with Gasteiger partial charge in [0.05, 0.1) is 13.1 Å². The van der Waals surface area contributed by atoms with Gasteiger partial charge >= 0.3 is 0 Å². The maximum atomic E-state index is 13.1. The van der Waals surface area contributed by atoms with Gasteiger partial charge < -0.3 is 15.5 Å². The molecular formula is C21H27N5O3S. The Morgan fingerprint density at radius 1 is 1.30 bits per heavy atom. The molecule has 1 aliphatic heterocycles. The van der Waals surface area contributed by atoms with Crippen LogP contribution in [0.15, 0.2) is 23.6 Å². The molecule has 1 saturated carbocycles. The smallest absolute Gasteiger partial charge is 0.272 e. The second-order valence-corrected chi connectivity index (χ2v) is 9.31. The second kappa shape index (κ2) is 8.22. The SMILES string of the molecule is CN1C(=O)c2cc(C(=O)NCc3cccs3)nn2C[C@@]1(C)C(=O)NC1CCCCC1. The zero-order chi connectivity index (χ0) is 21.3. The van der Waals surface area contributed by atoms with E-state index in [2.05, 4.69) is 15.7 Å². The third kappa shape index (κ3) is 3.86. The second-order valence-electron chi connectivity index (χ2n) is 8.28. The molecule has 30 heavy (non-hydrogen) atoms. The normalized spacial score (nSPS) is 21.9. The summed E-state index contributed by atoms with van der Waals surface area (Å²) < 4.78 is 1.49. The van der Waals surface area contributed by atoms with Crippen LogP contribution in [0.1, 0.15) is 64.9 Å². The highest BCUT2D eigenvalue weighted by Crippen LogP contribution is 2.27.